The number of rotatable bonds is 16. The largest absolute Gasteiger partial charge is 0.493 e. The van der Waals surface area contributed by atoms with Crippen molar-refractivity contribution in [1.82, 2.24) is 0 Å². The fourth-order valence-corrected chi connectivity index (χ4v) is 9.47. The number of hydrogen-bond donors (Lipinski definition) is 1. The van der Waals surface area contributed by atoms with Gasteiger partial charge in [0.1, 0.15) is 30.3 Å². The molecule has 4 aliphatic rings. The molecule has 5 aromatic rings. The number of fused-ring (bicyclic) bond motifs is 8. The third-order valence-electron chi connectivity index (χ3n) is 12.6. The fourth-order valence-electron chi connectivity index (χ4n) is 9.47. The lowest BCUT2D eigenvalue weighted by molar-refractivity contribution is -0.123. The van der Waals surface area contributed by atoms with Crippen LogP contribution in [-0.2, 0) is 35.6 Å². The Labute approximate surface area is 385 Å². The molecule has 4 heterocycles. The standard InChI is InChI=1S/C53H56N4O9/c1-32(58)27-53(4,5)65-17-16-52(2,3)66-39-19-33(30-63-48-25-42-40(23-46(48)61-6)50(59)56-37(28-54-42)21-35-12-8-10-14-44(35)56)18-34(20-39)31-64-49-26-43-41(24-47(49)62-7)51(60)57-38(29-55-43)22-36-13-9-11-15-45(36)57/h8-15,18-20,23-26,28,37-38,55H,16-17,21-22,27,29-31H2,1-7H3. The third kappa shape index (κ3) is 9.04. The summed E-state index contributed by atoms with van der Waals surface area (Å²) < 4.78 is 37.4. The molecule has 4 aliphatic heterocycles. The number of nitrogens with one attached hydrogen (secondary N) is 1. The zero-order valence-corrected chi connectivity index (χ0v) is 38.6. The Morgan fingerprint density at radius 3 is 2.00 bits per heavy atom. The fraction of sp³-hybridized carbons (Fsp3) is 0.358. The first-order chi connectivity index (χ1) is 31.7. The van der Waals surface area contributed by atoms with Crippen molar-refractivity contribution in [3.05, 3.63) is 124 Å². The number of aliphatic imine (C=N–C) groups is 1. The molecule has 5 aromatic carbocycles. The highest BCUT2D eigenvalue weighted by Gasteiger charge is 2.39. The van der Waals surface area contributed by atoms with Gasteiger partial charge in [0, 0.05) is 55.5 Å². The lowest BCUT2D eigenvalue weighted by Crippen LogP contribution is -2.39. The van der Waals surface area contributed by atoms with Crippen molar-refractivity contribution in [1.29, 1.82) is 0 Å². The zero-order chi connectivity index (χ0) is 46.3. The lowest BCUT2D eigenvalue weighted by Gasteiger charge is -2.30. The number of carbonyl (C=O) groups excluding carboxylic acids is 3. The maximum atomic E-state index is 14.1. The van der Waals surface area contributed by atoms with E-state index in [0.717, 1.165) is 40.0 Å². The molecule has 13 nitrogen and oxygen atoms in total. The summed E-state index contributed by atoms with van der Waals surface area (Å²) in [6.45, 7) is 10.6. The van der Waals surface area contributed by atoms with Crippen LogP contribution in [0, 0.1) is 0 Å². The third-order valence-corrected chi connectivity index (χ3v) is 12.6. The number of ether oxygens (including phenoxy) is 6. The van der Waals surface area contributed by atoms with E-state index in [4.69, 9.17) is 33.4 Å². The minimum Gasteiger partial charge on any atom is -0.493 e. The number of benzene rings is 5. The number of hydrogen-bond acceptors (Lipinski definition) is 11. The van der Waals surface area contributed by atoms with Gasteiger partial charge < -0.3 is 38.6 Å². The van der Waals surface area contributed by atoms with Gasteiger partial charge in [0.25, 0.3) is 11.8 Å². The molecular formula is C53H56N4O9. The minimum atomic E-state index is -0.656. The summed E-state index contributed by atoms with van der Waals surface area (Å²) in [5, 5.41) is 3.51. The molecule has 0 aromatic heterocycles. The predicted molar refractivity (Wildman–Crippen MR) is 254 cm³/mol. The van der Waals surface area contributed by atoms with Gasteiger partial charge in [0.05, 0.1) is 61.0 Å². The van der Waals surface area contributed by atoms with Crippen molar-refractivity contribution in [2.75, 3.05) is 42.5 Å². The van der Waals surface area contributed by atoms with E-state index in [1.165, 1.54) is 0 Å². The molecule has 0 fully saturated rings. The van der Waals surface area contributed by atoms with Crippen LogP contribution in [0.25, 0.3) is 0 Å². The van der Waals surface area contributed by atoms with E-state index in [1.807, 2.05) is 106 Å². The average molecular weight is 893 g/mol. The predicted octanol–water partition coefficient (Wildman–Crippen LogP) is 9.47. The van der Waals surface area contributed by atoms with Gasteiger partial charge in [0.15, 0.2) is 23.0 Å². The Kier molecular flexibility index (Phi) is 12.0. The number of ketones is 1. The minimum absolute atomic E-state index is 0.0132. The van der Waals surface area contributed by atoms with Crippen LogP contribution in [0.5, 0.6) is 28.7 Å². The van der Waals surface area contributed by atoms with Crippen molar-refractivity contribution in [3.8, 4) is 28.7 Å². The number of amides is 2. The van der Waals surface area contributed by atoms with Gasteiger partial charge in [-0.15, -0.1) is 0 Å². The Bertz CT molecular complexity index is 2750. The SMILES string of the molecule is COc1cc2c(cc1OCc1cc(COc3cc4c(cc3OC)C(=O)N3c5ccccc5CC3CN4)cc(OC(C)(C)CCOC(C)(C)CC(C)=O)c1)N=CC1Cc3ccccc3N1C2=O. The van der Waals surface area contributed by atoms with Crippen LogP contribution in [0.4, 0.5) is 22.7 Å². The first-order valence-electron chi connectivity index (χ1n) is 22.4. The molecule has 0 spiro atoms. The van der Waals surface area contributed by atoms with Crippen molar-refractivity contribution in [2.45, 2.75) is 96.8 Å². The summed E-state index contributed by atoms with van der Waals surface area (Å²) in [6.07, 6.45) is 4.17. The normalized spacial score (nSPS) is 17.0. The molecule has 342 valence electrons. The van der Waals surface area contributed by atoms with E-state index >= 15 is 0 Å². The summed E-state index contributed by atoms with van der Waals surface area (Å²) in [7, 11) is 3.11. The lowest BCUT2D eigenvalue weighted by atomic mass is 10.0. The second-order valence-electron chi connectivity index (χ2n) is 18.6. The van der Waals surface area contributed by atoms with Crippen LogP contribution in [0.15, 0.2) is 96.0 Å². The molecule has 9 rings (SSSR count). The molecule has 0 saturated carbocycles. The van der Waals surface area contributed by atoms with E-state index in [0.29, 0.717) is 83.7 Å². The Morgan fingerprint density at radius 1 is 0.727 bits per heavy atom. The van der Waals surface area contributed by atoms with Crippen LogP contribution >= 0.6 is 0 Å². The summed E-state index contributed by atoms with van der Waals surface area (Å²) in [4.78, 5) is 48.4. The van der Waals surface area contributed by atoms with Crippen molar-refractivity contribution in [2.24, 2.45) is 4.99 Å². The second kappa shape index (κ2) is 17.8. The quantitative estimate of drug-likeness (QED) is 0.102. The molecule has 0 aliphatic carbocycles. The molecule has 2 unspecified atom stereocenters. The maximum absolute atomic E-state index is 14.1. The summed E-state index contributed by atoms with van der Waals surface area (Å²) in [6, 6.07) is 28.7. The highest BCUT2D eigenvalue weighted by atomic mass is 16.5. The van der Waals surface area contributed by atoms with Gasteiger partial charge in [-0.25, -0.2) is 0 Å². The smallest absolute Gasteiger partial charge is 0.261 e. The average Bonchev–Trinajstić information content (AvgIpc) is 3.77. The number of anilines is 3. The number of nitrogens with zero attached hydrogens (tertiary/aromatic N) is 3. The van der Waals surface area contributed by atoms with Crippen LogP contribution in [0.1, 0.15) is 90.4 Å². The summed E-state index contributed by atoms with van der Waals surface area (Å²) in [5.74, 6) is 2.17. The highest BCUT2D eigenvalue weighted by Crippen LogP contribution is 2.43. The van der Waals surface area contributed by atoms with Crippen molar-refractivity contribution < 1.29 is 42.8 Å². The van der Waals surface area contributed by atoms with Crippen LogP contribution in [0.3, 0.4) is 0 Å². The Hall–Kier alpha value is -6.86. The Balaban J connectivity index is 0.971. The van der Waals surface area contributed by atoms with Crippen molar-refractivity contribution >= 4 is 46.6 Å². The molecule has 13 heteroatoms. The van der Waals surface area contributed by atoms with Crippen LogP contribution < -0.4 is 38.8 Å². The molecule has 0 radical (unpaired) electrons. The van der Waals surface area contributed by atoms with Crippen molar-refractivity contribution in [3.63, 3.8) is 0 Å². The van der Waals surface area contributed by atoms with E-state index in [-0.39, 0.29) is 42.9 Å². The molecule has 0 bridgehead atoms. The molecule has 0 saturated heterocycles. The Morgan fingerprint density at radius 2 is 1.33 bits per heavy atom. The number of carbonyl (C=O) groups is 3. The summed E-state index contributed by atoms with van der Waals surface area (Å²) in [5.41, 5.74) is 6.54. The van der Waals surface area contributed by atoms with Gasteiger partial charge in [-0.1, -0.05) is 36.4 Å². The van der Waals surface area contributed by atoms with Crippen LogP contribution in [0.2, 0.25) is 0 Å². The first-order valence-corrected chi connectivity index (χ1v) is 22.4. The van der Waals surface area contributed by atoms with Gasteiger partial charge >= 0.3 is 0 Å². The highest BCUT2D eigenvalue weighted by molar-refractivity contribution is 6.15. The van der Waals surface area contributed by atoms with Gasteiger partial charge in [-0.3, -0.25) is 24.3 Å². The van der Waals surface area contributed by atoms with E-state index in [1.54, 1.807) is 44.2 Å². The number of Topliss-reactive ketones (excluding diaryl/α,β-unsaturated/α-hetero) is 1. The molecule has 66 heavy (non-hydrogen) atoms. The second-order valence-corrected chi connectivity index (χ2v) is 18.6. The van der Waals surface area contributed by atoms with E-state index < -0.39 is 11.2 Å². The maximum Gasteiger partial charge on any atom is 0.261 e. The number of para-hydroxylation sites is 2. The van der Waals surface area contributed by atoms with E-state index in [2.05, 4.69) is 11.4 Å². The molecule has 2 amide bonds. The molecule has 1 N–H and O–H groups in total. The summed E-state index contributed by atoms with van der Waals surface area (Å²) >= 11 is 0. The first kappa shape index (κ1) is 44.3. The number of methoxy groups -OCH3 is 2. The molecular weight excluding hydrogens is 837 g/mol. The van der Waals surface area contributed by atoms with E-state index in [9.17, 15) is 14.4 Å². The topological polar surface area (TPSA) is 137 Å². The monoisotopic (exact) mass is 892 g/mol. The van der Waals surface area contributed by atoms with Gasteiger partial charge in [-0.05, 0) is 106 Å². The molecule has 2 atom stereocenters. The van der Waals surface area contributed by atoms with Gasteiger partial charge in [-0.2, -0.15) is 0 Å². The van der Waals surface area contributed by atoms with Gasteiger partial charge in [0.2, 0.25) is 0 Å². The van der Waals surface area contributed by atoms with Crippen LogP contribution in [-0.4, -0.2) is 74.5 Å². The zero-order valence-electron chi connectivity index (χ0n) is 38.6.